The van der Waals surface area contributed by atoms with Crippen molar-refractivity contribution >= 4 is 11.9 Å². The van der Waals surface area contributed by atoms with E-state index in [1.165, 1.54) is 13.0 Å². The number of aliphatic carboxylic acids is 1. The van der Waals surface area contributed by atoms with Crippen LogP contribution in [0.25, 0.3) is 0 Å². The van der Waals surface area contributed by atoms with Gasteiger partial charge in [0.1, 0.15) is 18.1 Å². The normalized spacial score (nSPS) is 45.2. The van der Waals surface area contributed by atoms with E-state index in [1.54, 1.807) is 38.2 Å². The van der Waals surface area contributed by atoms with E-state index in [9.17, 15) is 65.8 Å². The van der Waals surface area contributed by atoms with Crippen LogP contribution < -0.4 is 5.73 Å². The summed E-state index contributed by atoms with van der Waals surface area (Å²) >= 11 is 0. The maximum absolute atomic E-state index is 12.6. The molecule has 0 aromatic heterocycles. The third-order valence-corrected chi connectivity index (χ3v) is 12.2. The lowest BCUT2D eigenvalue weighted by molar-refractivity contribution is -0.310. The zero-order chi connectivity index (χ0) is 48.4. The second-order valence-electron chi connectivity index (χ2n) is 17.8. The highest BCUT2D eigenvalue weighted by Gasteiger charge is 2.51. The van der Waals surface area contributed by atoms with Crippen LogP contribution in [0, 0.1) is 17.8 Å². The minimum absolute atomic E-state index is 0.138. The minimum Gasteiger partial charge on any atom is -0.481 e. The molecule has 0 amide bonds. The van der Waals surface area contributed by atoms with Crippen LogP contribution in [0.1, 0.15) is 91.9 Å². The van der Waals surface area contributed by atoms with Gasteiger partial charge in [0, 0.05) is 31.1 Å². The predicted molar refractivity (Wildman–Crippen MR) is 237 cm³/mol. The number of aliphatic hydroxyl groups is 10. The van der Waals surface area contributed by atoms with Crippen molar-refractivity contribution in [1.82, 2.24) is 0 Å². The molecule has 2 saturated heterocycles. The summed E-state index contributed by atoms with van der Waals surface area (Å²) in [7, 11) is 0. The van der Waals surface area contributed by atoms with Gasteiger partial charge in [0.25, 0.3) is 0 Å². The van der Waals surface area contributed by atoms with Crippen molar-refractivity contribution in [2.75, 3.05) is 0 Å². The third kappa shape index (κ3) is 18.8. The monoisotopic (exact) mass is 926 g/mol. The Morgan fingerprint density at radius 3 is 1.94 bits per heavy atom. The molecule has 0 saturated carbocycles. The minimum atomic E-state index is -2.35. The summed E-state index contributed by atoms with van der Waals surface area (Å²) in [6.45, 7) is 6.78. The topological polar surface area (TPSA) is 320 Å². The van der Waals surface area contributed by atoms with Crippen molar-refractivity contribution in [1.29, 1.82) is 0 Å². The number of cyclic esters (lactones) is 1. The fourth-order valence-electron chi connectivity index (χ4n) is 8.11. The molecule has 13 N–H and O–H groups in total. The van der Waals surface area contributed by atoms with Crippen LogP contribution in [0.4, 0.5) is 0 Å². The molecule has 0 spiro atoms. The maximum atomic E-state index is 12.6. The Bertz CT molecular complexity index is 1620. The fraction of sp³-hybridized carbons (Fsp3) is 0.702. The number of esters is 1. The number of carboxylic acid groups (broad SMARTS) is 1. The van der Waals surface area contributed by atoms with Gasteiger partial charge in [-0.1, -0.05) is 86.8 Å². The number of carbonyl (C=O) groups is 2. The molecule has 65 heavy (non-hydrogen) atoms. The van der Waals surface area contributed by atoms with E-state index in [-0.39, 0.29) is 38.0 Å². The smallest absolute Gasteiger partial charge is 0.311 e. The first-order valence-electron chi connectivity index (χ1n) is 22.6. The van der Waals surface area contributed by atoms with Crippen LogP contribution >= 0.6 is 0 Å². The zero-order valence-electron chi connectivity index (χ0n) is 37.8. The highest BCUT2D eigenvalue weighted by atomic mass is 16.7. The molecule has 19 atom stereocenters. The van der Waals surface area contributed by atoms with Gasteiger partial charge < -0.3 is 80.9 Å². The summed E-state index contributed by atoms with van der Waals surface area (Å²) in [4.78, 5) is 25.1. The molecular formula is C47H75NO17. The Hall–Kier alpha value is -3.18. The Kier molecular flexibility index (Phi) is 23.8. The lowest BCUT2D eigenvalue weighted by Crippen LogP contribution is -2.61. The van der Waals surface area contributed by atoms with Crippen molar-refractivity contribution in [2.45, 2.75) is 189 Å². The van der Waals surface area contributed by atoms with Crippen molar-refractivity contribution in [2.24, 2.45) is 23.5 Å². The molecule has 18 heteroatoms. The summed E-state index contributed by atoms with van der Waals surface area (Å²) < 4.78 is 23.2. The summed E-state index contributed by atoms with van der Waals surface area (Å²) in [6, 6.07) is -1.14. The third-order valence-electron chi connectivity index (χ3n) is 12.2. The average Bonchev–Trinajstić information content (AvgIpc) is 3.21. The molecule has 2 bridgehead atoms. The lowest BCUT2D eigenvalue weighted by atomic mass is 9.82. The molecule has 0 aromatic rings. The van der Waals surface area contributed by atoms with E-state index in [1.807, 2.05) is 49.5 Å². The molecular weight excluding hydrogens is 851 g/mol. The summed E-state index contributed by atoms with van der Waals surface area (Å²) in [5.41, 5.74) is 6.02. The van der Waals surface area contributed by atoms with Crippen molar-refractivity contribution in [3.63, 3.8) is 0 Å². The van der Waals surface area contributed by atoms with Gasteiger partial charge in [0.2, 0.25) is 0 Å². The maximum Gasteiger partial charge on any atom is 0.311 e. The molecule has 0 aromatic carbocycles. The summed E-state index contributed by atoms with van der Waals surface area (Å²) in [5, 5.41) is 118. The Labute approximate surface area is 381 Å². The average molecular weight is 926 g/mol. The largest absolute Gasteiger partial charge is 0.481 e. The summed E-state index contributed by atoms with van der Waals surface area (Å²) in [5.74, 6) is -6.82. The number of allylic oxidation sites excluding steroid dienone is 10. The molecule has 0 radical (unpaired) electrons. The van der Waals surface area contributed by atoms with Gasteiger partial charge in [-0.25, -0.2) is 0 Å². The second kappa shape index (κ2) is 27.6. The first-order valence-corrected chi connectivity index (χ1v) is 22.6. The van der Waals surface area contributed by atoms with E-state index in [2.05, 4.69) is 0 Å². The number of aliphatic hydroxyl groups excluding tert-OH is 9. The van der Waals surface area contributed by atoms with E-state index in [4.69, 9.17) is 24.7 Å². The van der Waals surface area contributed by atoms with E-state index in [0.717, 1.165) is 12.8 Å². The molecule has 370 valence electrons. The van der Waals surface area contributed by atoms with E-state index < -0.39 is 141 Å². The van der Waals surface area contributed by atoms with Crippen LogP contribution in [-0.4, -0.2) is 166 Å². The van der Waals surface area contributed by atoms with Crippen LogP contribution in [-0.2, 0) is 28.5 Å². The Balaban J connectivity index is 1.84. The van der Waals surface area contributed by atoms with Crippen molar-refractivity contribution in [3.8, 4) is 0 Å². The molecule has 0 aliphatic carbocycles. The van der Waals surface area contributed by atoms with Crippen molar-refractivity contribution < 1.29 is 84.7 Å². The van der Waals surface area contributed by atoms with Crippen LogP contribution in [0.3, 0.4) is 0 Å². The van der Waals surface area contributed by atoms with Gasteiger partial charge in [-0.2, -0.15) is 0 Å². The SMILES string of the molecule is C[C@@H]1[C@H](O)[C@@H](C)/C=C/C=C/CC/C=C/C=C/C=C/C=C\C(O[C@H]2O[C@H](C)[C@@H](O)[C@H](N)[C@@H]2O)CC2O[C@](O)(CC(O)C(O)CCC(O)CC(O)CC(O)CC(=O)O[C@H]1C)CC(O)C2C(=O)O. The fourth-order valence-corrected chi connectivity index (χ4v) is 8.11. The van der Waals surface area contributed by atoms with Crippen molar-refractivity contribution in [3.05, 3.63) is 72.9 Å². The second-order valence-corrected chi connectivity index (χ2v) is 17.8. The first kappa shape index (κ1) is 56.1. The number of nitrogens with two attached hydrogens (primary N) is 1. The van der Waals surface area contributed by atoms with Gasteiger partial charge in [-0.05, 0) is 52.4 Å². The van der Waals surface area contributed by atoms with Gasteiger partial charge in [-0.3, -0.25) is 9.59 Å². The molecule has 18 nitrogen and oxygen atoms in total. The highest BCUT2D eigenvalue weighted by molar-refractivity contribution is 5.71. The van der Waals surface area contributed by atoms with Crippen LogP contribution in [0.5, 0.6) is 0 Å². The number of carbonyl (C=O) groups excluding carboxylic acids is 1. The molecule has 9 unspecified atom stereocenters. The van der Waals surface area contributed by atoms with Crippen LogP contribution in [0.15, 0.2) is 72.9 Å². The van der Waals surface area contributed by atoms with E-state index >= 15 is 0 Å². The highest BCUT2D eigenvalue weighted by Crippen LogP contribution is 2.38. The quantitative estimate of drug-likeness (QED) is 0.175. The number of rotatable bonds is 3. The van der Waals surface area contributed by atoms with Gasteiger partial charge in [0.15, 0.2) is 12.1 Å². The Morgan fingerprint density at radius 1 is 0.692 bits per heavy atom. The molecule has 3 aliphatic rings. The Morgan fingerprint density at radius 2 is 1.28 bits per heavy atom. The number of hydrogen-bond donors (Lipinski definition) is 12. The molecule has 3 aliphatic heterocycles. The van der Waals surface area contributed by atoms with Gasteiger partial charge in [0.05, 0.1) is 79.6 Å². The number of hydrogen-bond acceptors (Lipinski definition) is 17. The lowest BCUT2D eigenvalue weighted by Gasteiger charge is -2.45. The van der Waals surface area contributed by atoms with E-state index in [0.29, 0.717) is 0 Å². The molecule has 3 rings (SSSR count). The standard InChI is InChI=1S/C47H75NO17/c1-27-17-15-13-11-9-7-5-6-8-10-12-14-16-18-34(64-46-44(58)41(48)43(57)30(4)63-46)24-38-40(45(59)60)37(54)26-47(61,65-38)25-36(53)35(52)20-19-31(49)21-32(50)22-33(51)23-39(55)62-29(3)28(2)42(27)56/h5-6,8,10-18,27-38,40-44,46,49-54,56-58,61H,7,9,19-26,48H2,1-4H3,(H,59,60)/b6-5+,10-8+,13-11+,14-12+,17-15+,18-16-/t27-,28-,29-,30+,31?,32?,33?,34?,35?,36?,37?,38?,40?,41-,42+,43+,44-,46+,47+/m0/s1. The predicted octanol–water partition coefficient (Wildman–Crippen LogP) is 0.936. The molecule has 3 heterocycles. The van der Waals surface area contributed by atoms with Crippen LogP contribution in [0.2, 0.25) is 0 Å². The number of ether oxygens (including phenoxy) is 4. The van der Waals surface area contributed by atoms with Gasteiger partial charge in [-0.15, -0.1) is 0 Å². The van der Waals surface area contributed by atoms with Gasteiger partial charge >= 0.3 is 11.9 Å². The molecule has 2 fully saturated rings. The summed E-state index contributed by atoms with van der Waals surface area (Å²) in [6.07, 6.45) is 2.28. The first-order chi connectivity index (χ1) is 30.6. The number of fused-ring (bicyclic) bond motifs is 2. The zero-order valence-corrected chi connectivity index (χ0v) is 37.8. The number of carboxylic acids is 1.